The standard InChI is InChI=1S/C14H26O2/c1-11(2)9-13(5,15)7-8-14(6,16)10-12(3)4/h11-12,15-16H,9-10H2,1-6H3/i1D3,2D3,3D3,4D3,11D,12D. The number of rotatable bonds is 4. The molecule has 0 amide bonds. The zero-order chi connectivity index (χ0) is 24.8. The molecule has 0 bridgehead atoms. The molecule has 0 aromatic rings. The molecule has 0 aromatic heterocycles. The van der Waals surface area contributed by atoms with Crippen molar-refractivity contribution in [1.29, 1.82) is 0 Å². The van der Waals surface area contributed by atoms with Gasteiger partial charge in [-0.15, -0.1) is 0 Å². The Morgan fingerprint density at radius 2 is 1.31 bits per heavy atom. The summed E-state index contributed by atoms with van der Waals surface area (Å²) in [5.41, 5.74) is -4.86. The fraction of sp³-hybridized carbons (Fsp3) is 0.857. The smallest absolute Gasteiger partial charge is 0.123 e. The fourth-order valence-electron chi connectivity index (χ4n) is 1.05. The van der Waals surface area contributed by atoms with E-state index in [4.69, 9.17) is 19.2 Å². The first-order valence-electron chi connectivity index (χ1n) is 11.6. The van der Waals surface area contributed by atoms with Gasteiger partial charge in [-0.05, 0) is 38.5 Å². The Balaban J connectivity index is 6.06. The van der Waals surface area contributed by atoms with Gasteiger partial charge >= 0.3 is 0 Å². The average molecular weight is 240 g/mol. The van der Waals surface area contributed by atoms with E-state index < -0.39 is 63.2 Å². The molecule has 94 valence electrons. The van der Waals surface area contributed by atoms with Gasteiger partial charge in [-0.2, -0.15) is 0 Å². The minimum atomic E-state index is -3.33. The quantitative estimate of drug-likeness (QED) is 0.742. The van der Waals surface area contributed by atoms with Crippen LogP contribution in [0.4, 0.5) is 0 Å². The van der Waals surface area contributed by atoms with E-state index >= 15 is 0 Å². The van der Waals surface area contributed by atoms with Gasteiger partial charge in [-0.3, -0.25) is 0 Å². The van der Waals surface area contributed by atoms with Gasteiger partial charge in [0, 0.05) is 19.2 Å². The van der Waals surface area contributed by atoms with E-state index in [0.717, 1.165) is 13.8 Å². The van der Waals surface area contributed by atoms with Crippen LogP contribution in [-0.4, -0.2) is 21.4 Å². The third kappa shape index (κ3) is 7.73. The molecule has 0 aliphatic heterocycles. The summed E-state index contributed by atoms with van der Waals surface area (Å²) in [6.07, 6.45) is -2.36. The maximum Gasteiger partial charge on any atom is 0.123 e. The Kier molecular flexibility index (Phi) is 1.43. The Morgan fingerprint density at radius 1 is 1.00 bits per heavy atom. The third-order valence-corrected chi connectivity index (χ3v) is 1.64. The summed E-state index contributed by atoms with van der Waals surface area (Å²) in [5, 5.41) is 20.8. The minimum absolute atomic E-state index is 0.901. The Bertz CT molecular complexity index is 584. The van der Waals surface area contributed by atoms with Crippen LogP contribution in [0.1, 0.15) is 73.3 Å². The summed E-state index contributed by atoms with van der Waals surface area (Å²) < 4.78 is 104. The molecule has 0 saturated heterocycles. The normalized spacial score (nSPS) is 36.2. The lowest BCUT2D eigenvalue weighted by Crippen LogP contribution is -2.28. The summed E-state index contributed by atoms with van der Waals surface area (Å²) >= 11 is 0. The Morgan fingerprint density at radius 3 is 1.56 bits per heavy atom. The fourth-order valence-corrected chi connectivity index (χ4v) is 1.05. The summed E-state index contributed by atoms with van der Waals surface area (Å²) in [6, 6.07) is 0. The van der Waals surface area contributed by atoms with E-state index in [1.165, 1.54) is 0 Å². The van der Waals surface area contributed by atoms with Crippen LogP contribution < -0.4 is 0 Å². The molecular formula is C14H26O2. The number of hydrogen-bond acceptors (Lipinski definition) is 2. The molecule has 2 heteroatoms. The van der Waals surface area contributed by atoms with E-state index in [1.807, 2.05) is 11.8 Å². The largest absolute Gasteiger partial charge is 0.378 e. The monoisotopic (exact) mass is 240 g/mol. The summed E-state index contributed by atoms with van der Waals surface area (Å²) in [7, 11) is 0. The average Bonchev–Trinajstić information content (AvgIpc) is 2.39. The van der Waals surface area contributed by atoms with Crippen molar-refractivity contribution in [1.82, 2.24) is 0 Å². The summed E-state index contributed by atoms with van der Waals surface area (Å²) in [6.45, 7) is -11.5. The lowest BCUT2D eigenvalue weighted by molar-refractivity contribution is 0.0859. The summed E-state index contributed by atoms with van der Waals surface area (Å²) in [4.78, 5) is 0. The van der Waals surface area contributed by atoms with E-state index in [0.29, 0.717) is 0 Å². The predicted molar refractivity (Wildman–Crippen MR) is 67.9 cm³/mol. The van der Waals surface area contributed by atoms with Gasteiger partial charge in [0.1, 0.15) is 11.2 Å². The Labute approximate surface area is 120 Å². The van der Waals surface area contributed by atoms with Gasteiger partial charge in [-0.1, -0.05) is 39.2 Å². The van der Waals surface area contributed by atoms with E-state index in [1.54, 1.807) is 0 Å². The second-order valence-electron chi connectivity index (χ2n) is 4.11. The molecule has 0 saturated carbocycles. The van der Waals surface area contributed by atoms with Crippen molar-refractivity contribution in [3.63, 3.8) is 0 Å². The van der Waals surface area contributed by atoms with Crippen molar-refractivity contribution in [2.24, 2.45) is 11.8 Å². The minimum Gasteiger partial charge on any atom is -0.378 e. The third-order valence-electron chi connectivity index (χ3n) is 1.64. The second kappa shape index (κ2) is 5.70. The molecule has 2 unspecified atom stereocenters. The number of aliphatic hydroxyl groups is 2. The first-order valence-corrected chi connectivity index (χ1v) is 4.61. The highest BCUT2D eigenvalue weighted by atomic mass is 16.3. The van der Waals surface area contributed by atoms with Gasteiger partial charge in [0.25, 0.3) is 0 Å². The predicted octanol–water partition coefficient (Wildman–Crippen LogP) is 2.58. The zero-order valence-corrected chi connectivity index (χ0v) is 9.31. The molecule has 0 aliphatic rings. The van der Waals surface area contributed by atoms with Crippen LogP contribution in [0.25, 0.3) is 0 Å². The molecule has 0 aliphatic carbocycles. The van der Waals surface area contributed by atoms with E-state index in [2.05, 4.69) is 0 Å². The van der Waals surface area contributed by atoms with Crippen molar-refractivity contribution in [2.45, 2.75) is 65.3 Å². The molecule has 0 rings (SSSR count). The molecule has 2 atom stereocenters. The van der Waals surface area contributed by atoms with Crippen LogP contribution in [-0.2, 0) is 0 Å². The summed E-state index contributed by atoms with van der Waals surface area (Å²) in [5.74, 6) is -2.20. The maximum absolute atomic E-state index is 10.4. The molecule has 0 radical (unpaired) electrons. The highest BCUT2D eigenvalue weighted by Crippen LogP contribution is 2.18. The van der Waals surface area contributed by atoms with E-state index in [9.17, 15) is 10.2 Å². The molecule has 0 aromatic carbocycles. The maximum atomic E-state index is 10.4. The lowest BCUT2D eigenvalue weighted by atomic mass is 9.91. The van der Waals surface area contributed by atoms with Crippen molar-refractivity contribution < 1.29 is 29.4 Å². The molecule has 0 heterocycles. The van der Waals surface area contributed by atoms with Gasteiger partial charge in [0.15, 0.2) is 0 Å². The van der Waals surface area contributed by atoms with Gasteiger partial charge in [0.05, 0.1) is 0 Å². The molecule has 2 N–H and O–H groups in total. The van der Waals surface area contributed by atoms with Crippen molar-refractivity contribution >= 4 is 0 Å². The molecule has 2 nitrogen and oxygen atoms in total. The zero-order valence-electron chi connectivity index (χ0n) is 23.3. The molecular weight excluding hydrogens is 200 g/mol. The molecule has 0 fully saturated rings. The first-order chi connectivity index (χ1) is 12.6. The topological polar surface area (TPSA) is 40.5 Å². The van der Waals surface area contributed by atoms with Gasteiger partial charge in [0.2, 0.25) is 0 Å². The van der Waals surface area contributed by atoms with Gasteiger partial charge < -0.3 is 10.2 Å². The second-order valence-corrected chi connectivity index (χ2v) is 4.11. The van der Waals surface area contributed by atoms with Crippen LogP contribution >= 0.6 is 0 Å². The van der Waals surface area contributed by atoms with Crippen LogP contribution in [0.15, 0.2) is 0 Å². The highest BCUT2D eigenvalue weighted by Gasteiger charge is 2.22. The van der Waals surface area contributed by atoms with Crippen molar-refractivity contribution in [2.75, 3.05) is 0 Å². The van der Waals surface area contributed by atoms with Crippen molar-refractivity contribution in [3.05, 3.63) is 0 Å². The van der Waals surface area contributed by atoms with Crippen LogP contribution in [0.5, 0.6) is 0 Å². The lowest BCUT2D eigenvalue weighted by Gasteiger charge is -2.22. The number of hydrogen-bond donors (Lipinski definition) is 2. The molecule has 0 spiro atoms. The van der Waals surface area contributed by atoms with Crippen LogP contribution in [0.3, 0.4) is 0 Å². The van der Waals surface area contributed by atoms with Crippen LogP contribution in [0.2, 0.25) is 0 Å². The van der Waals surface area contributed by atoms with Crippen LogP contribution in [0, 0.1) is 23.6 Å². The molecule has 16 heavy (non-hydrogen) atoms. The first kappa shape index (κ1) is 4.00. The van der Waals surface area contributed by atoms with E-state index in [-0.39, 0.29) is 0 Å². The Hall–Kier alpha value is -0.520. The van der Waals surface area contributed by atoms with Gasteiger partial charge in [-0.25, -0.2) is 0 Å². The SMILES string of the molecule is [2H]C([2H])([2H])C([2H])(CC(C)(O)C#CC(C)(O)CC([2H])(C([2H])([2H])[2H])C([2H])([2H])[2H])C([2H])([2H])[2H]. The van der Waals surface area contributed by atoms with Crippen molar-refractivity contribution in [3.8, 4) is 11.8 Å². The highest BCUT2D eigenvalue weighted by molar-refractivity contribution is 5.19.